The van der Waals surface area contributed by atoms with Crippen LogP contribution in [0.1, 0.15) is 44.5 Å². The predicted octanol–water partition coefficient (Wildman–Crippen LogP) is 3.06. The maximum Gasteiger partial charge on any atom is 0.422 e. The molecule has 3 heterocycles. The van der Waals surface area contributed by atoms with Crippen LogP contribution in [0.15, 0.2) is 24.5 Å². The maximum atomic E-state index is 12.7. The third-order valence-electron chi connectivity index (χ3n) is 4.22. The van der Waals surface area contributed by atoms with Crippen LogP contribution in [0.5, 0.6) is 5.88 Å². The van der Waals surface area contributed by atoms with Crippen molar-refractivity contribution in [3.63, 3.8) is 0 Å². The van der Waals surface area contributed by atoms with Crippen molar-refractivity contribution in [2.24, 2.45) is 0 Å². The molecule has 0 aromatic carbocycles. The van der Waals surface area contributed by atoms with Crippen LogP contribution in [0.25, 0.3) is 0 Å². The maximum absolute atomic E-state index is 12.7. The van der Waals surface area contributed by atoms with E-state index in [1.165, 1.54) is 23.4 Å². The van der Waals surface area contributed by atoms with Crippen molar-refractivity contribution in [1.29, 1.82) is 0 Å². The third kappa shape index (κ3) is 4.64. The first kappa shape index (κ1) is 20.6. The molecule has 7 nitrogen and oxygen atoms in total. The first-order valence-electron chi connectivity index (χ1n) is 8.79. The van der Waals surface area contributed by atoms with Crippen molar-refractivity contribution in [1.82, 2.24) is 14.9 Å². The molecule has 0 unspecified atom stereocenters. The summed E-state index contributed by atoms with van der Waals surface area (Å²) in [5.74, 6) is -0.985. The molecule has 0 saturated carbocycles. The molecule has 0 aliphatic carbocycles. The van der Waals surface area contributed by atoms with Crippen LogP contribution in [-0.4, -0.2) is 46.1 Å². The largest absolute Gasteiger partial charge is 0.468 e. The van der Waals surface area contributed by atoms with E-state index in [0.29, 0.717) is 22.3 Å². The van der Waals surface area contributed by atoms with Crippen LogP contribution in [0.2, 0.25) is 0 Å². The zero-order valence-electron chi connectivity index (χ0n) is 15.7. The van der Waals surface area contributed by atoms with Crippen LogP contribution >= 0.6 is 0 Å². The molecule has 3 rings (SSSR count). The van der Waals surface area contributed by atoms with Crippen LogP contribution in [0.4, 0.5) is 13.2 Å². The Hall–Kier alpha value is -3.17. The Morgan fingerprint density at radius 2 is 2.07 bits per heavy atom. The zero-order chi connectivity index (χ0) is 21.2. The molecular formula is C19H18F3N3O4. The number of nitrogens with zero attached hydrogens (tertiary/aromatic N) is 3. The van der Waals surface area contributed by atoms with E-state index < -0.39 is 18.8 Å². The van der Waals surface area contributed by atoms with Crippen molar-refractivity contribution in [2.75, 3.05) is 13.2 Å². The lowest BCUT2D eigenvalue weighted by atomic mass is 10.1. The number of aryl methyl sites for hydroxylation is 1. The molecule has 0 radical (unpaired) electrons. The minimum atomic E-state index is -4.45. The van der Waals surface area contributed by atoms with Crippen molar-refractivity contribution in [2.45, 2.75) is 33.1 Å². The Kier molecular flexibility index (Phi) is 5.71. The van der Waals surface area contributed by atoms with E-state index in [4.69, 9.17) is 4.74 Å². The molecule has 1 amide bonds. The second-order valence-electron chi connectivity index (χ2n) is 6.44. The Morgan fingerprint density at radius 3 is 2.72 bits per heavy atom. The summed E-state index contributed by atoms with van der Waals surface area (Å²) in [6.45, 7) is 2.35. The van der Waals surface area contributed by atoms with Gasteiger partial charge in [-0.25, -0.2) is 14.8 Å². The van der Waals surface area contributed by atoms with Crippen molar-refractivity contribution in [3.05, 3.63) is 52.5 Å². The number of carbonyl (C=O) groups is 2. The van der Waals surface area contributed by atoms with Crippen molar-refractivity contribution < 1.29 is 32.2 Å². The Labute approximate surface area is 164 Å². The normalized spacial score (nSPS) is 13.4. The number of ether oxygens (including phenoxy) is 2. The van der Waals surface area contributed by atoms with Gasteiger partial charge < -0.3 is 14.4 Å². The van der Waals surface area contributed by atoms with E-state index in [-0.39, 0.29) is 37.2 Å². The number of hydrogen-bond acceptors (Lipinski definition) is 6. The average molecular weight is 409 g/mol. The standard InChI is InChI=1S/C19H18F3N3O4/c1-3-28-18(27)15-14-9-25(17(26)13(14)4-5-23-15)8-12-6-11(2)16(24-7-12)29-10-19(20,21)22/h4-7H,3,8-10H2,1-2H3. The molecule has 0 atom stereocenters. The number of rotatable bonds is 6. The molecule has 154 valence electrons. The molecule has 1 aliphatic heterocycles. The van der Waals surface area contributed by atoms with Gasteiger partial charge in [-0.2, -0.15) is 13.2 Å². The van der Waals surface area contributed by atoms with Gasteiger partial charge in [0.15, 0.2) is 12.3 Å². The van der Waals surface area contributed by atoms with Crippen molar-refractivity contribution in [3.8, 4) is 5.88 Å². The zero-order valence-corrected chi connectivity index (χ0v) is 15.7. The van der Waals surface area contributed by atoms with E-state index in [1.807, 2.05) is 0 Å². The lowest BCUT2D eigenvalue weighted by Gasteiger charge is -2.17. The number of hydrogen-bond donors (Lipinski definition) is 0. The highest BCUT2D eigenvalue weighted by Crippen LogP contribution is 2.27. The number of amides is 1. The van der Waals surface area contributed by atoms with Gasteiger partial charge in [-0.3, -0.25) is 4.79 Å². The van der Waals surface area contributed by atoms with Crippen LogP contribution in [0.3, 0.4) is 0 Å². The topological polar surface area (TPSA) is 81.6 Å². The molecule has 0 N–H and O–H groups in total. The molecule has 0 bridgehead atoms. The van der Waals surface area contributed by atoms with E-state index in [1.54, 1.807) is 19.9 Å². The fourth-order valence-electron chi connectivity index (χ4n) is 3.02. The number of fused-ring (bicyclic) bond motifs is 1. The highest BCUT2D eigenvalue weighted by molar-refractivity contribution is 6.02. The van der Waals surface area contributed by atoms with Gasteiger partial charge >= 0.3 is 12.1 Å². The van der Waals surface area contributed by atoms with E-state index in [9.17, 15) is 22.8 Å². The Balaban J connectivity index is 1.74. The van der Waals surface area contributed by atoms with E-state index >= 15 is 0 Å². The fourth-order valence-corrected chi connectivity index (χ4v) is 3.02. The smallest absolute Gasteiger partial charge is 0.422 e. The Bertz CT molecular complexity index is 947. The Morgan fingerprint density at radius 1 is 1.31 bits per heavy atom. The first-order chi connectivity index (χ1) is 13.7. The summed E-state index contributed by atoms with van der Waals surface area (Å²) in [5, 5.41) is 0. The lowest BCUT2D eigenvalue weighted by molar-refractivity contribution is -0.154. The van der Waals surface area contributed by atoms with Gasteiger partial charge in [-0.15, -0.1) is 0 Å². The first-order valence-corrected chi connectivity index (χ1v) is 8.79. The summed E-state index contributed by atoms with van der Waals surface area (Å²) in [6, 6.07) is 3.15. The fraction of sp³-hybridized carbons (Fsp3) is 0.368. The molecule has 10 heteroatoms. The van der Waals surface area contributed by atoms with Gasteiger partial charge in [0.05, 0.1) is 6.61 Å². The minimum Gasteiger partial charge on any atom is -0.468 e. The predicted molar refractivity (Wildman–Crippen MR) is 94.3 cm³/mol. The number of pyridine rings is 2. The summed E-state index contributed by atoms with van der Waals surface area (Å²) in [4.78, 5) is 34.2. The summed E-state index contributed by atoms with van der Waals surface area (Å²) in [7, 11) is 0. The summed E-state index contributed by atoms with van der Waals surface area (Å²) in [5.41, 5.74) is 2.01. The number of halogens is 3. The second-order valence-corrected chi connectivity index (χ2v) is 6.44. The highest BCUT2D eigenvalue weighted by Gasteiger charge is 2.32. The molecule has 2 aromatic rings. The molecular weight excluding hydrogens is 391 g/mol. The van der Waals surface area contributed by atoms with Crippen LogP contribution in [-0.2, 0) is 17.8 Å². The molecule has 0 fully saturated rings. The molecule has 1 aliphatic rings. The van der Waals surface area contributed by atoms with Gasteiger partial charge in [0, 0.05) is 42.2 Å². The molecule has 2 aromatic heterocycles. The lowest BCUT2D eigenvalue weighted by Crippen LogP contribution is -2.23. The summed E-state index contributed by atoms with van der Waals surface area (Å²) in [6.07, 6.45) is -1.71. The highest BCUT2D eigenvalue weighted by atomic mass is 19.4. The number of esters is 1. The summed E-state index contributed by atoms with van der Waals surface area (Å²) >= 11 is 0. The van der Waals surface area contributed by atoms with Crippen LogP contribution < -0.4 is 4.74 Å². The number of aromatic nitrogens is 2. The van der Waals surface area contributed by atoms with E-state index in [2.05, 4.69) is 14.7 Å². The van der Waals surface area contributed by atoms with Gasteiger partial charge in [-0.05, 0) is 31.5 Å². The molecule has 0 saturated heterocycles. The SMILES string of the molecule is CCOC(=O)c1nccc2c1CN(Cc1cnc(OCC(F)(F)F)c(C)c1)C2=O. The quantitative estimate of drug-likeness (QED) is 0.682. The molecule has 29 heavy (non-hydrogen) atoms. The summed E-state index contributed by atoms with van der Waals surface area (Å²) < 4.78 is 46.6. The molecule has 0 spiro atoms. The third-order valence-corrected chi connectivity index (χ3v) is 4.22. The van der Waals surface area contributed by atoms with Gasteiger partial charge in [0.25, 0.3) is 5.91 Å². The second kappa shape index (κ2) is 8.06. The number of carbonyl (C=O) groups excluding carboxylic acids is 2. The van der Waals surface area contributed by atoms with Crippen molar-refractivity contribution >= 4 is 11.9 Å². The van der Waals surface area contributed by atoms with Gasteiger partial charge in [0.1, 0.15) is 0 Å². The monoisotopic (exact) mass is 409 g/mol. The number of alkyl halides is 3. The average Bonchev–Trinajstić information content (AvgIpc) is 2.96. The van der Waals surface area contributed by atoms with E-state index in [0.717, 1.165) is 0 Å². The minimum absolute atomic E-state index is 0.102. The van der Waals surface area contributed by atoms with Gasteiger partial charge in [-0.1, -0.05) is 0 Å². The van der Waals surface area contributed by atoms with Crippen LogP contribution in [0, 0.1) is 6.92 Å². The van der Waals surface area contributed by atoms with Gasteiger partial charge in [0.2, 0.25) is 5.88 Å².